The van der Waals surface area contributed by atoms with Gasteiger partial charge in [0, 0.05) is 31.4 Å². The van der Waals surface area contributed by atoms with Crippen molar-refractivity contribution in [3.05, 3.63) is 29.8 Å². The van der Waals surface area contributed by atoms with Crippen LogP contribution in [0.3, 0.4) is 0 Å². The third kappa shape index (κ3) is 3.27. The topological polar surface area (TPSA) is 32.3 Å². The maximum absolute atomic E-state index is 11.6. The molecule has 0 aliphatic rings. The number of hydrogen-bond donors (Lipinski definition) is 1. The van der Waals surface area contributed by atoms with E-state index in [1.54, 1.807) is 0 Å². The Morgan fingerprint density at radius 3 is 2.13 bits per heavy atom. The normalized spacial score (nSPS) is 10.2. The van der Waals surface area contributed by atoms with Gasteiger partial charge in [0.2, 0.25) is 0 Å². The summed E-state index contributed by atoms with van der Waals surface area (Å²) in [5.41, 5.74) is 1.80. The number of carbonyl (C=O) groups is 1. The van der Waals surface area contributed by atoms with E-state index in [4.69, 9.17) is 0 Å². The number of carbonyl (C=O) groups excluding carboxylic acids is 1. The minimum Gasteiger partial charge on any atom is -0.378 e. The quantitative estimate of drug-likeness (QED) is 0.819. The predicted molar refractivity (Wildman–Crippen MR) is 63.4 cm³/mol. The Morgan fingerprint density at radius 1 is 1.20 bits per heavy atom. The average molecular weight is 206 g/mol. The summed E-state index contributed by atoms with van der Waals surface area (Å²) in [7, 11) is 3.95. The fourth-order valence-electron chi connectivity index (χ4n) is 1.26. The van der Waals surface area contributed by atoms with Gasteiger partial charge in [0.1, 0.15) is 0 Å². The van der Waals surface area contributed by atoms with Crippen LogP contribution in [0.4, 0.5) is 5.69 Å². The van der Waals surface area contributed by atoms with E-state index in [1.165, 1.54) is 0 Å². The molecule has 82 valence electrons. The molecule has 15 heavy (non-hydrogen) atoms. The van der Waals surface area contributed by atoms with Crippen molar-refractivity contribution in [1.29, 1.82) is 0 Å². The Hall–Kier alpha value is -1.51. The van der Waals surface area contributed by atoms with Crippen LogP contribution in [0.2, 0.25) is 0 Å². The lowest BCUT2D eigenvalue weighted by molar-refractivity contribution is 0.0943. The molecule has 1 amide bonds. The van der Waals surface area contributed by atoms with Crippen LogP contribution in [0.15, 0.2) is 24.3 Å². The molecular formula is C12H18N2O. The number of nitrogens with zero attached hydrogens (tertiary/aromatic N) is 1. The van der Waals surface area contributed by atoms with Crippen LogP contribution in [-0.4, -0.2) is 26.0 Å². The predicted octanol–water partition coefficient (Wildman–Crippen LogP) is 1.89. The first-order valence-electron chi connectivity index (χ1n) is 5.09. The van der Waals surface area contributed by atoms with Gasteiger partial charge in [0.05, 0.1) is 0 Å². The molecule has 1 aromatic rings. The molecule has 0 radical (unpaired) electrons. The van der Waals surface area contributed by atoms with Gasteiger partial charge >= 0.3 is 0 Å². The SMILES string of the molecule is CC(C)NC(=O)c1ccc(N(C)C)cc1. The molecule has 1 rings (SSSR count). The van der Waals surface area contributed by atoms with Gasteiger partial charge in [0.15, 0.2) is 0 Å². The van der Waals surface area contributed by atoms with Gasteiger partial charge in [-0.25, -0.2) is 0 Å². The van der Waals surface area contributed by atoms with Gasteiger partial charge in [-0.1, -0.05) is 0 Å². The zero-order valence-corrected chi connectivity index (χ0v) is 9.74. The van der Waals surface area contributed by atoms with Crippen LogP contribution in [0.1, 0.15) is 24.2 Å². The number of hydrogen-bond acceptors (Lipinski definition) is 2. The zero-order chi connectivity index (χ0) is 11.4. The molecule has 0 fully saturated rings. The van der Waals surface area contributed by atoms with Gasteiger partial charge in [-0.15, -0.1) is 0 Å². The molecule has 1 aromatic carbocycles. The Balaban J connectivity index is 2.75. The molecule has 0 saturated carbocycles. The zero-order valence-electron chi connectivity index (χ0n) is 9.74. The van der Waals surface area contributed by atoms with Crippen molar-refractivity contribution in [3.63, 3.8) is 0 Å². The standard InChI is InChI=1S/C12H18N2O/c1-9(2)13-12(15)10-5-7-11(8-6-10)14(3)4/h5-9H,1-4H3,(H,13,15). The second-order valence-corrected chi connectivity index (χ2v) is 4.07. The molecule has 3 nitrogen and oxygen atoms in total. The minimum absolute atomic E-state index is 0.0182. The molecule has 0 aliphatic carbocycles. The molecule has 0 heterocycles. The lowest BCUT2D eigenvalue weighted by Crippen LogP contribution is -2.30. The molecule has 0 spiro atoms. The van der Waals surface area contributed by atoms with Crippen LogP contribution < -0.4 is 10.2 Å². The summed E-state index contributed by atoms with van der Waals surface area (Å²) in [5, 5.41) is 2.86. The number of benzene rings is 1. The van der Waals surface area contributed by atoms with Crippen molar-refractivity contribution in [2.24, 2.45) is 0 Å². The number of amides is 1. The second-order valence-electron chi connectivity index (χ2n) is 4.07. The molecule has 0 bridgehead atoms. The van der Waals surface area contributed by atoms with Crippen molar-refractivity contribution >= 4 is 11.6 Å². The first kappa shape index (κ1) is 11.6. The third-order valence-electron chi connectivity index (χ3n) is 2.07. The lowest BCUT2D eigenvalue weighted by atomic mass is 10.2. The van der Waals surface area contributed by atoms with E-state index in [0.717, 1.165) is 5.69 Å². The van der Waals surface area contributed by atoms with Crippen molar-refractivity contribution in [2.75, 3.05) is 19.0 Å². The van der Waals surface area contributed by atoms with Crippen LogP contribution >= 0.6 is 0 Å². The highest BCUT2D eigenvalue weighted by atomic mass is 16.1. The highest BCUT2D eigenvalue weighted by Crippen LogP contribution is 2.12. The van der Waals surface area contributed by atoms with Crippen molar-refractivity contribution in [1.82, 2.24) is 5.32 Å². The van der Waals surface area contributed by atoms with Gasteiger partial charge in [0.25, 0.3) is 5.91 Å². The van der Waals surface area contributed by atoms with Gasteiger partial charge in [-0.2, -0.15) is 0 Å². The van der Waals surface area contributed by atoms with Crippen LogP contribution in [-0.2, 0) is 0 Å². The lowest BCUT2D eigenvalue weighted by Gasteiger charge is -2.13. The summed E-state index contributed by atoms with van der Waals surface area (Å²) >= 11 is 0. The van der Waals surface area contributed by atoms with E-state index in [1.807, 2.05) is 57.1 Å². The Morgan fingerprint density at radius 2 is 1.73 bits per heavy atom. The van der Waals surface area contributed by atoms with Gasteiger partial charge < -0.3 is 10.2 Å². The molecule has 0 atom stereocenters. The van der Waals surface area contributed by atoms with Crippen molar-refractivity contribution < 1.29 is 4.79 Å². The first-order valence-corrected chi connectivity index (χ1v) is 5.09. The van der Waals surface area contributed by atoms with Gasteiger partial charge in [-0.05, 0) is 38.1 Å². The summed E-state index contributed by atoms with van der Waals surface area (Å²) < 4.78 is 0. The molecule has 0 saturated heterocycles. The molecule has 0 unspecified atom stereocenters. The summed E-state index contributed by atoms with van der Waals surface area (Å²) in [6.07, 6.45) is 0. The maximum Gasteiger partial charge on any atom is 0.251 e. The monoisotopic (exact) mass is 206 g/mol. The number of rotatable bonds is 3. The minimum atomic E-state index is -0.0182. The summed E-state index contributed by atoms with van der Waals surface area (Å²) in [4.78, 5) is 13.6. The fourth-order valence-corrected chi connectivity index (χ4v) is 1.26. The molecular weight excluding hydrogens is 188 g/mol. The summed E-state index contributed by atoms with van der Waals surface area (Å²) in [5.74, 6) is -0.0182. The Kier molecular flexibility index (Phi) is 3.72. The number of anilines is 1. The van der Waals surface area contributed by atoms with Crippen LogP contribution in [0, 0.1) is 0 Å². The van der Waals surface area contributed by atoms with E-state index >= 15 is 0 Å². The van der Waals surface area contributed by atoms with E-state index in [0.29, 0.717) is 5.56 Å². The summed E-state index contributed by atoms with van der Waals surface area (Å²) in [6.45, 7) is 3.90. The Labute approximate surface area is 91.1 Å². The molecule has 0 aliphatic heterocycles. The Bertz CT molecular complexity index is 328. The average Bonchev–Trinajstić information content (AvgIpc) is 2.17. The first-order chi connectivity index (χ1) is 7.00. The number of nitrogens with one attached hydrogen (secondary N) is 1. The van der Waals surface area contributed by atoms with E-state index < -0.39 is 0 Å². The highest BCUT2D eigenvalue weighted by Gasteiger charge is 2.06. The molecule has 3 heteroatoms. The second kappa shape index (κ2) is 4.82. The van der Waals surface area contributed by atoms with Crippen LogP contribution in [0.25, 0.3) is 0 Å². The van der Waals surface area contributed by atoms with E-state index in [-0.39, 0.29) is 11.9 Å². The molecule has 0 aromatic heterocycles. The highest BCUT2D eigenvalue weighted by molar-refractivity contribution is 5.94. The van der Waals surface area contributed by atoms with E-state index in [2.05, 4.69) is 5.32 Å². The van der Waals surface area contributed by atoms with Crippen molar-refractivity contribution in [2.45, 2.75) is 19.9 Å². The van der Waals surface area contributed by atoms with Crippen molar-refractivity contribution in [3.8, 4) is 0 Å². The van der Waals surface area contributed by atoms with Gasteiger partial charge in [-0.3, -0.25) is 4.79 Å². The third-order valence-corrected chi connectivity index (χ3v) is 2.07. The fraction of sp³-hybridized carbons (Fsp3) is 0.417. The molecule has 1 N–H and O–H groups in total. The van der Waals surface area contributed by atoms with Crippen LogP contribution in [0.5, 0.6) is 0 Å². The smallest absolute Gasteiger partial charge is 0.251 e. The summed E-state index contributed by atoms with van der Waals surface area (Å²) in [6, 6.07) is 7.73. The largest absolute Gasteiger partial charge is 0.378 e. The van der Waals surface area contributed by atoms with E-state index in [9.17, 15) is 4.79 Å². The maximum atomic E-state index is 11.6.